The van der Waals surface area contributed by atoms with Crippen molar-refractivity contribution in [1.82, 2.24) is 0 Å². The Morgan fingerprint density at radius 2 is 2.11 bits per heavy atom. The molecule has 0 aliphatic rings. The number of nitrogens with zero attached hydrogens (tertiary/aromatic N) is 1. The quantitative estimate of drug-likeness (QED) is 0.871. The summed E-state index contributed by atoms with van der Waals surface area (Å²) in [6.07, 6.45) is 0. The van der Waals surface area contributed by atoms with E-state index in [-0.39, 0.29) is 0 Å². The van der Waals surface area contributed by atoms with E-state index >= 15 is 0 Å². The maximum atomic E-state index is 5.98. The molecule has 3 nitrogen and oxygen atoms in total. The minimum absolute atomic E-state index is 0.737. The van der Waals surface area contributed by atoms with Crippen LogP contribution in [0.15, 0.2) is 30.3 Å². The van der Waals surface area contributed by atoms with Crippen molar-refractivity contribution >= 4 is 34.3 Å². The molecule has 18 heavy (non-hydrogen) atoms. The normalized spacial score (nSPS) is 10.4. The van der Waals surface area contributed by atoms with Crippen LogP contribution in [0.2, 0.25) is 4.34 Å². The molecule has 0 spiro atoms. The first-order chi connectivity index (χ1) is 8.60. The van der Waals surface area contributed by atoms with Gasteiger partial charge in [-0.25, -0.2) is 0 Å². The van der Waals surface area contributed by atoms with Crippen LogP contribution in [-0.4, -0.2) is 14.2 Å². The summed E-state index contributed by atoms with van der Waals surface area (Å²) in [4.78, 5) is 3.28. The highest BCUT2D eigenvalue weighted by Crippen LogP contribution is 2.30. The highest BCUT2D eigenvalue weighted by atomic mass is 35.5. The van der Waals surface area contributed by atoms with Crippen molar-refractivity contribution in [2.45, 2.75) is 6.54 Å². The van der Waals surface area contributed by atoms with Gasteiger partial charge >= 0.3 is 0 Å². The summed E-state index contributed by atoms with van der Waals surface area (Å²) in [5.74, 6) is 0.801. The third-order valence-corrected chi connectivity index (χ3v) is 3.89. The zero-order valence-corrected chi connectivity index (χ0v) is 11.9. The zero-order chi connectivity index (χ0) is 13.1. The van der Waals surface area contributed by atoms with E-state index in [0.29, 0.717) is 0 Å². The lowest BCUT2D eigenvalue weighted by molar-refractivity contribution is 0.415. The van der Waals surface area contributed by atoms with Crippen molar-refractivity contribution in [2.24, 2.45) is 0 Å². The molecule has 0 saturated carbocycles. The summed E-state index contributed by atoms with van der Waals surface area (Å²) in [5.41, 5.74) is 7.68. The van der Waals surface area contributed by atoms with Crippen LogP contribution in [0, 0.1) is 0 Å². The Bertz CT molecular complexity index is 542. The minimum atomic E-state index is 0.737. The topological polar surface area (TPSA) is 38.5 Å². The molecule has 96 valence electrons. The maximum absolute atomic E-state index is 5.98. The van der Waals surface area contributed by atoms with Gasteiger partial charge in [0.25, 0.3) is 0 Å². The van der Waals surface area contributed by atoms with Crippen molar-refractivity contribution in [3.63, 3.8) is 0 Å². The molecule has 2 N–H and O–H groups in total. The van der Waals surface area contributed by atoms with E-state index in [1.54, 1.807) is 18.4 Å². The molecule has 0 saturated heterocycles. The van der Waals surface area contributed by atoms with Crippen LogP contribution in [0.5, 0.6) is 5.75 Å². The smallest absolute Gasteiger partial charge is 0.121 e. The minimum Gasteiger partial charge on any atom is -0.497 e. The number of hydrogen-bond donors (Lipinski definition) is 1. The van der Waals surface area contributed by atoms with E-state index in [0.717, 1.165) is 28.0 Å². The van der Waals surface area contributed by atoms with E-state index < -0.39 is 0 Å². The number of nitrogens with two attached hydrogens (primary N) is 1. The Balaban J connectivity index is 2.20. The molecule has 0 amide bonds. The first-order valence-corrected chi connectivity index (χ1v) is 6.68. The van der Waals surface area contributed by atoms with Crippen LogP contribution in [-0.2, 0) is 6.54 Å². The molecule has 1 heterocycles. The maximum Gasteiger partial charge on any atom is 0.121 e. The predicted octanol–water partition coefficient (Wildman–Crippen LogP) is 3.63. The molecule has 0 aliphatic heterocycles. The Morgan fingerprint density at radius 1 is 1.33 bits per heavy atom. The zero-order valence-electron chi connectivity index (χ0n) is 10.3. The number of ether oxygens (including phenoxy) is 1. The summed E-state index contributed by atoms with van der Waals surface area (Å²) in [6.45, 7) is 0.773. The Hall–Kier alpha value is -1.39. The highest BCUT2D eigenvalue weighted by molar-refractivity contribution is 7.16. The summed E-state index contributed by atoms with van der Waals surface area (Å²) in [6, 6.07) is 9.58. The van der Waals surface area contributed by atoms with Gasteiger partial charge in [0.2, 0.25) is 0 Å². The van der Waals surface area contributed by atoms with Gasteiger partial charge in [-0.05, 0) is 24.3 Å². The average molecular weight is 283 g/mol. The molecule has 1 aromatic carbocycles. The molecule has 0 radical (unpaired) electrons. The lowest BCUT2D eigenvalue weighted by atomic mass is 10.2. The summed E-state index contributed by atoms with van der Waals surface area (Å²) in [7, 11) is 3.65. The van der Waals surface area contributed by atoms with Crippen molar-refractivity contribution in [3.8, 4) is 5.75 Å². The van der Waals surface area contributed by atoms with Gasteiger partial charge in [-0.1, -0.05) is 11.6 Å². The van der Waals surface area contributed by atoms with E-state index in [1.807, 2.05) is 37.4 Å². The first kappa shape index (κ1) is 13.1. The number of rotatable bonds is 4. The third kappa shape index (κ3) is 2.89. The number of benzene rings is 1. The molecule has 0 bridgehead atoms. The Morgan fingerprint density at radius 3 is 2.72 bits per heavy atom. The summed E-state index contributed by atoms with van der Waals surface area (Å²) >= 11 is 7.50. The van der Waals surface area contributed by atoms with Gasteiger partial charge in [-0.3, -0.25) is 0 Å². The van der Waals surface area contributed by atoms with Crippen LogP contribution in [0.25, 0.3) is 0 Å². The second-order valence-corrected chi connectivity index (χ2v) is 5.79. The fourth-order valence-electron chi connectivity index (χ4n) is 1.74. The monoisotopic (exact) mass is 282 g/mol. The second kappa shape index (κ2) is 5.50. The van der Waals surface area contributed by atoms with Gasteiger partial charge in [-0.15, -0.1) is 11.3 Å². The summed E-state index contributed by atoms with van der Waals surface area (Å²) in [5, 5.41) is 0. The first-order valence-electron chi connectivity index (χ1n) is 5.49. The molecule has 2 rings (SSSR count). The van der Waals surface area contributed by atoms with Gasteiger partial charge in [-0.2, -0.15) is 0 Å². The average Bonchev–Trinajstić information content (AvgIpc) is 2.75. The number of halogens is 1. The molecule has 1 aromatic heterocycles. The lowest BCUT2D eigenvalue weighted by Crippen LogP contribution is -2.17. The Kier molecular flexibility index (Phi) is 3.99. The van der Waals surface area contributed by atoms with E-state index in [4.69, 9.17) is 22.1 Å². The molecular weight excluding hydrogens is 268 g/mol. The van der Waals surface area contributed by atoms with Crippen LogP contribution >= 0.6 is 22.9 Å². The fourth-order valence-corrected chi connectivity index (χ4v) is 2.88. The highest BCUT2D eigenvalue weighted by Gasteiger charge is 2.09. The van der Waals surface area contributed by atoms with Crippen molar-refractivity contribution in [3.05, 3.63) is 39.5 Å². The van der Waals surface area contributed by atoms with Crippen molar-refractivity contribution in [2.75, 3.05) is 24.8 Å². The van der Waals surface area contributed by atoms with Crippen LogP contribution in [0.1, 0.15) is 4.88 Å². The fraction of sp³-hybridized carbons (Fsp3) is 0.231. The second-order valence-electron chi connectivity index (χ2n) is 3.99. The third-order valence-electron chi connectivity index (χ3n) is 2.67. The number of anilines is 2. The molecule has 0 atom stereocenters. The number of thiophene rings is 1. The van der Waals surface area contributed by atoms with E-state index in [1.165, 1.54) is 4.88 Å². The molecule has 0 aliphatic carbocycles. The number of methoxy groups -OCH3 is 1. The molecular formula is C13H15ClN2OS. The van der Waals surface area contributed by atoms with Crippen LogP contribution in [0.3, 0.4) is 0 Å². The van der Waals surface area contributed by atoms with Gasteiger partial charge in [0.1, 0.15) is 5.75 Å². The number of nitrogen functional groups attached to an aromatic ring is 1. The number of hydrogen-bond acceptors (Lipinski definition) is 4. The van der Waals surface area contributed by atoms with Crippen molar-refractivity contribution in [1.29, 1.82) is 0 Å². The SMILES string of the molecule is COc1ccc(N)c(N(C)Cc2ccc(Cl)s2)c1. The van der Waals surface area contributed by atoms with Crippen molar-refractivity contribution < 1.29 is 4.74 Å². The predicted molar refractivity (Wildman–Crippen MR) is 78.8 cm³/mol. The standard InChI is InChI=1S/C13H15ClN2OS/c1-16(8-10-4-6-13(14)18-10)12-7-9(17-2)3-5-11(12)15/h3-7H,8,15H2,1-2H3. The molecule has 0 fully saturated rings. The Labute approximate surface area is 116 Å². The van der Waals surface area contributed by atoms with Crippen LogP contribution in [0.4, 0.5) is 11.4 Å². The van der Waals surface area contributed by atoms with E-state index in [2.05, 4.69) is 4.90 Å². The largest absolute Gasteiger partial charge is 0.497 e. The van der Waals surface area contributed by atoms with Crippen LogP contribution < -0.4 is 15.4 Å². The van der Waals surface area contributed by atoms with Gasteiger partial charge < -0.3 is 15.4 Å². The van der Waals surface area contributed by atoms with Gasteiger partial charge in [0, 0.05) is 18.0 Å². The summed E-state index contributed by atoms with van der Waals surface area (Å²) < 4.78 is 6.02. The lowest BCUT2D eigenvalue weighted by Gasteiger charge is -2.21. The molecule has 0 unspecified atom stereocenters. The van der Waals surface area contributed by atoms with Gasteiger partial charge in [0.05, 0.1) is 29.4 Å². The molecule has 2 aromatic rings. The molecule has 5 heteroatoms. The van der Waals surface area contributed by atoms with Gasteiger partial charge in [0.15, 0.2) is 0 Å². The van der Waals surface area contributed by atoms with E-state index in [9.17, 15) is 0 Å².